The Morgan fingerprint density at radius 3 is 2.88 bits per heavy atom. The van der Waals surface area contributed by atoms with Crippen LogP contribution in [0.2, 0.25) is 0 Å². The molecule has 1 aromatic carbocycles. The maximum absolute atomic E-state index is 11.9. The van der Waals surface area contributed by atoms with Gasteiger partial charge in [0, 0.05) is 18.4 Å². The van der Waals surface area contributed by atoms with Gasteiger partial charge in [0.2, 0.25) is 0 Å². The summed E-state index contributed by atoms with van der Waals surface area (Å²) in [5.74, 6) is 0.273. The van der Waals surface area contributed by atoms with Crippen molar-refractivity contribution in [3.8, 4) is 0 Å². The molecule has 0 spiro atoms. The van der Waals surface area contributed by atoms with Gasteiger partial charge in [0.25, 0.3) is 0 Å². The van der Waals surface area contributed by atoms with Crippen LogP contribution in [0, 0.1) is 5.92 Å². The Bertz CT molecular complexity index is 437. The molecule has 0 N–H and O–H groups in total. The van der Waals surface area contributed by atoms with Crippen molar-refractivity contribution in [2.24, 2.45) is 5.92 Å². The van der Waals surface area contributed by atoms with Gasteiger partial charge >= 0.3 is 5.97 Å². The fraction of sp³-hybridized carbons (Fsp3) is 0.429. The van der Waals surface area contributed by atoms with Gasteiger partial charge in [-0.05, 0) is 24.3 Å². The molecule has 1 aliphatic rings. The molecule has 1 unspecified atom stereocenters. The quantitative estimate of drug-likeness (QED) is 0.751. The van der Waals surface area contributed by atoms with E-state index in [0.29, 0.717) is 12.8 Å². The summed E-state index contributed by atoms with van der Waals surface area (Å²) in [6.07, 6.45) is 2.57. The highest BCUT2D eigenvalue weighted by molar-refractivity contribution is 5.98. The summed E-state index contributed by atoms with van der Waals surface area (Å²) in [7, 11) is 1.39. The predicted octanol–water partition coefficient (Wildman–Crippen LogP) is 2.38. The maximum atomic E-state index is 11.9. The van der Waals surface area contributed by atoms with Crippen LogP contribution in [0.15, 0.2) is 24.3 Å². The average molecular weight is 232 g/mol. The normalized spacial score (nSPS) is 18.6. The van der Waals surface area contributed by atoms with Gasteiger partial charge in [0.1, 0.15) is 0 Å². The first kappa shape index (κ1) is 11.8. The Hall–Kier alpha value is -1.64. The number of Topliss-reactive ketones (excluding diaryl/α,β-unsaturated/α-hetero) is 1. The summed E-state index contributed by atoms with van der Waals surface area (Å²) in [6.45, 7) is 0. The first-order valence-electron chi connectivity index (χ1n) is 5.88. The molecule has 0 bridgehead atoms. The highest BCUT2D eigenvalue weighted by Crippen LogP contribution is 2.28. The van der Waals surface area contributed by atoms with Crippen LogP contribution in [0.5, 0.6) is 0 Å². The summed E-state index contributed by atoms with van der Waals surface area (Å²) in [6, 6.07) is 7.73. The molecule has 1 aromatic rings. The number of fused-ring (bicyclic) bond motifs is 1. The lowest BCUT2D eigenvalue weighted by Crippen LogP contribution is -2.20. The number of rotatable bonds is 3. The molecule has 0 heterocycles. The summed E-state index contributed by atoms with van der Waals surface area (Å²) in [4.78, 5) is 23.0. The first-order chi connectivity index (χ1) is 8.20. The van der Waals surface area contributed by atoms with Gasteiger partial charge in [-0.3, -0.25) is 9.59 Å². The lowest BCUT2D eigenvalue weighted by atomic mass is 9.81. The Morgan fingerprint density at radius 2 is 2.12 bits per heavy atom. The van der Waals surface area contributed by atoms with Gasteiger partial charge in [-0.25, -0.2) is 0 Å². The number of esters is 1. The number of ether oxygens (including phenoxy) is 1. The van der Waals surface area contributed by atoms with Crippen molar-refractivity contribution in [2.45, 2.75) is 25.7 Å². The molecule has 0 aliphatic heterocycles. The molecule has 0 saturated carbocycles. The van der Waals surface area contributed by atoms with E-state index in [9.17, 15) is 9.59 Å². The van der Waals surface area contributed by atoms with E-state index < -0.39 is 0 Å². The Labute approximate surface area is 101 Å². The zero-order chi connectivity index (χ0) is 12.3. The zero-order valence-corrected chi connectivity index (χ0v) is 9.94. The molecule has 2 rings (SSSR count). The average Bonchev–Trinajstić information content (AvgIpc) is 2.36. The molecule has 1 atom stereocenters. The summed E-state index contributed by atoms with van der Waals surface area (Å²) in [5, 5.41) is 0. The number of methoxy groups -OCH3 is 1. The van der Waals surface area contributed by atoms with E-state index in [4.69, 9.17) is 0 Å². The van der Waals surface area contributed by atoms with Crippen molar-refractivity contribution in [1.82, 2.24) is 0 Å². The van der Waals surface area contributed by atoms with Crippen LogP contribution in [0.1, 0.15) is 35.2 Å². The highest BCUT2D eigenvalue weighted by Gasteiger charge is 2.24. The molecule has 0 aromatic heterocycles. The monoisotopic (exact) mass is 232 g/mol. The Kier molecular flexibility index (Phi) is 3.57. The molecular formula is C14H16O3. The van der Waals surface area contributed by atoms with Gasteiger partial charge in [-0.2, -0.15) is 0 Å². The maximum Gasteiger partial charge on any atom is 0.305 e. The van der Waals surface area contributed by atoms with Gasteiger partial charge in [0.05, 0.1) is 7.11 Å². The minimum absolute atomic E-state index is 0.196. The second kappa shape index (κ2) is 5.13. The number of benzene rings is 1. The molecule has 3 heteroatoms. The zero-order valence-electron chi connectivity index (χ0n) is 9.94. The molecule has 0 saturated heterocycles. The summed E-state index contributed by atoms with van der Waals surface area (Å²) >= 11 is 0. The third kappa shape index (κ3) is 2.73. The van der Waals surface area contributed by atoms with E-state index in [-0.39, 0.29) is 17.7 Å². The van der Waals surface area contributed by atoms with Crippen molar-refractivity contribution in [3.05, 3.63) is 35.4 Å². The van der Waals surface area contributed by atoms with Gasteiger partial charge in [0.15, 0.2) is 5.78 Å². The number of carbonyl (C=O) groups excluding carboxylic acids is 2. The highest BCUT2D eigenvalue weighted by atomic mass is 16.5. The first-order valence-corrected chi connectivity index (χ1v) is 5.88. The second-order valence-electron chi connectivity index (χ2n) is 4.47. The fourth-order valence-electron chi connectivity index (χ4n) is 2.35. The van der Waals surface area contributed by atoms with Crippen LogP contribution in [-0.4, -0.2) is 18.9 Å². The van der Waals surface area contributed by atoms with Crippen molar-refractivity contribution in [2.75, 3.05) is 7.11 Å². The van der Waals surface area contributed by atoms with E-state index in [0.717, 1.165) is 24.0 Å². The van der Waals surface area contributed by atoms with Crippen LogP contribution < -0.4 is 0 Å². The topological polar surface area (TPSA) is 43.4 Å². The molecule has 0 amide bonds. The number of ketones is 1. The van der Waals surface area contributed by atoms with Gasteiger partial charge in [-0.15, -0.1) is 0 Å². The summed E-state index contributed by atoms with van der Waals surface area (Å²) < 4.78 is 4.61. The number of carbonyl (C=O) groups is 2. The largest absolute Gasteiger partial charge is 0.469 e. The van der Waals surface area contributed by atoms with Crippen LogP contribution >= 0.6 is 0 Å². The van der Waals surface area contributed by atoms with E-state index in [1.54, 1.807) is 0 Å². The van der Waals surface area contributed by atoms with Crippen molar-refractivity contribution >= 4 is 11.8 Å². The summed E-state index contributed by atoms with van der Waals surface area (Å²) in [5.41, 5.74) is 1.96. The lowest BCUT2D eigenvalue weighted by Gasteiger charge is -2.23. The molecule has 1 aliphatic carbocycles. The number of hydrogen-bond donors (Lipinski definition) is 0. The molecule has 3 nitrogen and oxygen atoms in total. The van der Waals surface area contributed by atoms with Crippen molar-refractivity contribution in [3.63, 3.8) is 0 Å². The van der Waals surface area contributed by atoms with Gasteiger partial charge < -0.3 is 4.74 Å². The standard InChI is InChI=1S/C14H16O3/c1-17-14(16)7-6-10-8-11-4-2-3-5-12(11)13(15)9-10/h2-5,10H,6-9H2,1H3. The van der Waals surface area contributed by atoms with Crippen molar-refractivity contribution < 1.29 is 14.3 Å². The lowest BCUT2D eigenvalue weighted by molar-refractivity contribution is -0.140. The van der Waals surface area contributed by atoms with E-state index in [1.807, 2.05) is 24.3 Å². The SMILES string of the molecule is COC(=O)CCC1CC(=O)c2ccccc2C1. The third-order valence-corrected chi connectivity index (χ3v) is 3.28. The fourth-order valence-corrected chi connectivity index (χ4v) is 2.35. The van der Waals surface area contributed by atoms with E-state index in [2.05, 4.69) is 4.74 Å². The van der Waals surface area contributed by atoms with Crippen LogP contribution in [0.25, 0.3) is 0 Å². The number of hydrogen-bond acceptors (Lipinski definition) is 3. The van der Waals surface area contributed by atoms with Crippen LogP contribution in [0.3, 0.4) is 0 Å². The third-order valence-electron chi connectivity index (χ3n) is 3.28. The molecule has 0 radical (unpaired) electrons. The molecule has 0 fully saturated rings. The minimum Gasteiger partial charge on any atom is -0.469 e. The molecule has 90 valence electrons. The van der Waals surface area contributed by atoms with Crippen LogP contribution in [-0.2, 0) is 16.0 Å². The van der Waals surface area contributed by atoms with E-state index >= 15 is 0 Å². The van der Waals surface area contributed by atoms with Crippen LogP contribution in [0.4, 0.5) is 0 Å². The van der Waals surface area contributed by atoms with E-state index in [1.165, 1.54) is 7.11 Å². The Morgan fingerprint density at radius 1 is 1.35 bits per heavy atom. The minimum atomic E-state index is -0.198. The Balaban J connectivity index is 2.02. The van der Waals surface area contributed by atoms with Gasteiger partial charge in [-0.1, -0.05) is 24.3 Å². The molecule has 17 heavy (non-hydrogen) atoms. The molecular weight excluding hydrogens is 216 g/mol. The van der Waals surface area contributed by atoms with Crippen molar-refractivity contribution in [1.29, 1.82) is 0 Å². The smallest absolute Gasteiger partial charge is 0.305 e. The predicted molar refractivity (Wildman–Crippen MR) is 63.8 cm³/mol. The second-order valence-corrected chi connectivity index (χ2v) is 4.47.